The SMILES string of the molecule is [CH2+]OC1(C)CCCCC1. The summed E-state index contributed by atoms with van der Waals surface area (Å²) in [6, 6.07) is 0. The molecule has 0 N–H and O–H groups in total. The monoisotopic (exact) mass is 127 g/mol. The van der Waals surface area contributed by atoms with Crippen molar-refractivity contribution in [3.63, 3.8) is 0 Å². The zero-order valence-corrected chi connectivity index (χ0v) is 6.15. The molecule has 0 radical (unpaired) electrons. The fourth-order valence-electron chi connectivity index (χ4n) is 1.44. The molecular weight excluding hydrogens is 112 g/mol. The lowest BCUT2D eigenvalue weighted by Crippen LogP contribution is -2.28. The van der Waals surface area contributed by atoms with E-state index in [2.05, 4.69) is 14.0 Å². The first kappa shape index (κ1) is 6.94. The summed E-state index contributed by atoms with van der Waals surface area (Å²) in [4.78, 5) is 0. The number of hydrogen-bond donors (Lipinski definition) is 0. The molecule has 0 aromatic carbocycles. The van der Waals surface area contributed by atoms with Crippen LogP contribution in [0.2, 0.25) is 0 Å². The topological polar surface area (TPSA) is 9.23 Å². The highest BCUT2D eigenvalue weighted by atomic mass is 16.5. The fourth-order valence-corrected chi connectivity index (χ4v) is 1.44. The van der Waals surface area contributed by atoms with Gasteiger partial charge in [0.1, 0.15) is 5.60 Å². The first-order valence-corrected chi connectivity index (χ1v) is 3.70. The van der Waals surface area contributed by atoms with Crippen LogP contribution >= 0.6 is 0 Å². The molecule has 0 saturated heterocycles. The van der Waals surface area contributed by atoms with Gasteiger partial charge < -0.3 is 0 Å². The van der Waals surface area contributed by atoms with Crippen molar-refractivity contribution in [2.45, 2.75) is 44.6 Å². The van der Waals surface area contributed by atoms with E-state index in [1.165, 1.54) is 32.1 Å². The van der Waals surface area contributed by atoms with Crippen LogP contribution in [0.5, 0.6) is 0 Å². The second-order valence-corrected chi connectivity index (χ2v) is 3.15. The molecule has 0 atom stereocenters. The fraction of sp³-hybridized carbons (Fsp3) is 0.875. The highest BCUT2D eigenvalue weighted by molar-refractivity contribution is 4.78. The van der Waals surface area contributed by atoms with Crippen LogP contribution in [0.1, 0.15) is 39.0 Å². The maximum Gasteiger partial charge on any atom is 0.214 e. The molecular formula is C8H15O+. The van der Waals surface area contributed by atoms with Crippen molar-refractivity contribution in [3.05, 3.63) is 7.11 Å². The van der Waals surface area contributed by atoms with Gasteiger partial charge in [-0.3, -0.25) is 0 Å². The first-order chi connectivity index (χ1) is 4.27. The molecule has 1 saturated carbocycles. The highest BCUT2D eigenvalue weighted by Gasteiger charge is 2.29. The van der Waals surface area contributed by atoms with Gasteiger partial charge >= 0.3 is 0 Å². The van der Waals surface area contributed by atoms with Gasteiger partial charge in [-0.25, -0.2) is 0 Å². The number of ether oxygens (including phenoxy) is 1. The number of rotatable bonds is 1. The standard InChI is InChI=1S/C8H15O/c1-8(9-2)6-4-3-5-7-8/h2-7H2,1H3/q+1. The molecule has 0 bridgehead atoms. The minimum atomic E-state index is 0.109. The minimum absolute atomic E-state index is 0.109. The van der Waals surface area contributed by atoms with Gasteiger partial charge in [-0.05, 0) is 19.8 Å². The van der Waals surface area contributed by atoms with Crippen LogP contribution < -0.4 is 0 Å². The predicted octanol–water partition coefficient (Wildman–Crippen LogP) is 2.52. The molecule has 52 valence electrons. The van der Waals surface area contributed by atoms with E-state index in [1.807, 2.05) is 0 Å². The normalized spacial score (nSPS) is 25.9. The second-order valence-electron chi connectivity index (χ2n) is 3.15. The highest BCUT2D eigenvalue weighted by Crippen LogP contribution is 2.30. The van der Waals surface area contributed by atoms with E-state index in [9.17, 15) is 0 Å². The summed E-state index contributed by atoms with van der Waals surface area (Å²) in [5.41, 5.74) is 0.109. The lowest BCUT2D eigenvalue weighted by molar-refractivity contribution is 0.00125. The van der Waals surface area contributed by atoms with Gasteiger partial charge in [-0.2, -0.15) is 4.74 Å². The molecule has 1 heteroatoms. The van der Waals surface area contributed by atoms with Gasteiger partial charge in [-0.1, -0.05) is 19.3 Å². The smallest absolute Gasteiger partial charge is 0.193 e. The molecule has 0 aliphatic heterocycles. The van der Waals surface area contributed by atoms with Gasteiger partial charge in [0.05, 0.1) is 0 Å². The average Bonchev–Trinajstić information content (AvgIpc) is 1.90. The van der Waals surface area contributed by atoms with E-state index in [0.29, 0.717) is 0 Å². The van der Waals surface area contributed by atoms with E-state index in [0.717, 1.165) is 0 Å². The predicted molar refractivity (Wildman–Crippen MR) is 37.9 cm³/mol. The summed E-state index contributed by atoms with van der Waals surface area (Å²) in [5, 5.41) is 0. The van der Waals surface area contributed by atoms with E-state index in [1.54, 1.807) is 0 Å². The molecule has 0 aromatic heterocycles. The van der Waals surface area contributed by atoms with Crippen LogP contribution in [0.15, 0.2) is 0 Å². The number of hydrogen-bond acceptors (Lipinski definition) is 1. The summed E-state index contributed by atoms with van der Waals surface area (Å²) in [7, 11) is 3.48. The Morgan fingerprint density at radius 3 is 2.11 bits per heavy atom. The van der Waals surface area contributed by atoms with Crippen LogP contribution in [0.4, 0.5) is 0 Å². The molecule has 1 aliphatic carbocycles. The summed E-state index contributed by atoms with van der Waals surface area (Å²) < 4.78 is 5.13. The maximum atomic E-state index is 5.13. The molecule has 0 unspecified atom stereocenters. The van der Waals surface area contributed by atoms with Gasteiger partial charge in [-0.15, -0.1) is 0 Å². The van der Waals surface area contributed by atoms with Crippen molar-refractivity contribution in [1.29, 1.82) is 0 Å². The van der Waals surface area contributed by atoms with Gasteiger partial charge in [0, 0.05) is 0 Å². The Morgan fingerprint density at radius 2 is 1.78 bits per heavy atom. The van der Waals surface area contributed by atoms with E-state index in [4.69, 9.17) is 4.74 Å². The third-order valence-electron chi connectivity index (χ3n) is 2.26. The van der Waals surface area contributed by atoms with Crippen LogP contribution in [-0.4, -0.2) is 5.60 Å². The molecule has 1 fully saturated rings. The Balaban J connectivity index is 2.37. The van der Waals surface area contributed by atoms with Gasteiger partial charge in [0.2, 0.25) is 7.11 Å². The zero-order chi connectivity index (χ0) is 6.74. The molecule has 0 aromatic rings. The van der Waals surface area contributed by atoms with Crippen molar-refractivity contribution in [3.8, 4) is 0 Å². The summed E-state index contributed by atoms with van der Waals surface area (Å²) in [5.74, 6) is 0. The second kappa shape index (κ2) is 2.61. The molecule has 1 aliphatic rings. The lowest BCUT2D eigenvalue weighted by Gasteiger charge is -2.27. The van der Waals surface area contributed by atoms with Crippen LogP contribution in [-0.2, 0) is 4.74 Å². The van der Waals surface area contributed by atoms with Crippen LogP contribution in [0.3, 0.4) is 0 Å². The third-order valence-corrected chi connectivity index (χ3v) is 2.26. The Labute approximate surface area is 57.4 Å². The van der Waals surface area contributed by atoms with E-state index < -0.39 is 0 Å². The van der Waals surface area contributed by atoms with Gasteiger partial charge in [0.15, 0.2) is 0 Å². The van der Waals surface area contributed by atoms with E-state index in [-0.39, 0.29) is 5.60 Å². The minimum Gasteiger partial charge on any atom is -0.193 e. The molecule has 0 spiro atoms. The molecule has 9 heavy (non-hydrogen) atoms. The van der Waals surface area contributed by atoms with Gasteiger partial charge in [0.25, 0.3) is 0 Å². The lowest BCUT2D eigenvalue weighted by atomic mass is 9.86. The molecule has 0 heterocycles. The largest absolute Gasteiger partial charge is 0.214 e. The van der Waals surface area contributed by atoms with E-state index >= 15 is 0 Å². The van der Waals surface area contributed by atoms with Crippen molar-refractivity contribution in [2.24, 2.45) is 0 Å². The Bertz CT molecular complexity index is 82.6. The quantitative estimate of drug-likeness (QED) is 0.492. The van der Waals surface area contributed by atoms with Crippen molar-refractivity contribution in [2.75, 3.05) is 0 Å². The average molecular weight is 127 g/mol. The van der Waals surface area contributed by atoms with Crippen molar-refractivity contribution < 1.29 is 4.74 Å². The third kappa shape index (κ3) is 1.62. The van der Waals surface area contributed by atoms with Crippen molar-refractivity contribution in [1.82, 2.24) is 0 Å². The van der Waals surface area contributed by atoms with Crippen molar-refractivity contribution >= 4 is 0 Å². The zero-order valence-electron chi connectivity index (χ0n) is 6.15. The Kier molecular flexibility index (Phi) is 2.01. The maximum absolute atomic E-state index is 5.13. The first-order valence-electron chi connectivity index (χ1n) is 3.70. The van der Waals surface area contributed by atoms with Crippen LogP contribution in [0.25, 0.3) is 0 Å². The summed E-state index contributed by atoms with van der Waals surface area (Å²) >= 11 is 0. The van der Waals surface area contributed by atoms with Crippen LogP contribution in [0, 0.1) is 7.11 Å². The molecule has 1 rings (SSSR count). The summed E-state index contributed by atoms with van der Waals surface area (Å²) in [6.45, 7) is 2.15. The summed E-state index contributed by atoms with van der Waals surface area (Å²) in [6.07, 6.45) is 6.38. The molecule has 1 nitrogen and oxygen atoms in total. The molecule has 0 amide bonds. The Hall–Kier alpha value is -0.170. The Morgan fingerprint density at radius 1 is 1.22 bits per heavy atom.